The quantitative estimate of drug-likeness (QED) is 0.170. The number of thioether (sulfide) groups is 1. The number of halogens is 1. The molecule has 0 radical (unpaired) electrons. The monoisotopic (exact) mass is 585 g/mol. The molecule has 0 N–H and O–H groups in total. The van der Waals surface area contributed by atoms with Gasteiger partial charge in [0.25, 0.3) is 5.91 Å². The van der Waals surface area contributed by atoms with E-state index < -0.39 is 0 Å². The number of amides is 1. The molecule has 0 spiro atoms. The summed E-state index contributed by atoms with van der Waals surface area (Å²) in [6.07, 6.45) is 2.65. The lowest BCUT2D eigenvalue weighted by Crippen LogP contribution is -2.28. The lowest BCUT2D eigenvalue weighted by atomic mass is 9.99. The molecule has 9 heteroatoms. The fourth-order valence-electron chi connectivity index (χ4n) is 5.20. The summed E-state index contributed by atoms with van der Waals surface area (Å²) in [5, 5.41) is 9.52. The van der Waals surface area contributed by atoms with Gasteiger partial charge >= 0.3 is 0 Å². The summed E-state index contributed by atoms with van der Waals surface area (Å²) < 4.78 is 26.8. The van der Waals surface area contributed by atoms with Crippen molar-refractivity contribution in [3.63, 3.8) is 0 Å². The first kappa shape index (κ1) is 27.1. The van der Waals surface area contributed by atoms with Crippen LogP contribution >= 0.6 is 23.1 Å². The van der Waals surface area contributed by atoms with Gasteiger partial charge in [-0.25, -0.2) is 9.40 Å². The van der Waals surface area contributed by atoms with E-state index in [0.717, 1.165) is 37.5 Å². The number of hydrogen-bond donors (Lipinski definition) is 0. The fraction of sp³-hybridized carbons (Fsp3) is 0.188. The molecule has 41 heavy (non-hydrogen) atoms. The summed E-state index contributed by atoms with van der Waals surface area (Å²) in [5.41, 5.74) is 3.80. The molecule has 3 aromatic carbocycles. The Kier molecular flexibility index (Phi) is 7.80. The van der Waals surface area contributed by atoms with E-state index in [9.17, 15) is 9.18 Å². The van der Waals surface area contributed by atoms with Gasteiger partial charge < -0.3 is 14.0 Å². The number of hydrogen-bond acceptors (Lipinski definition) is 6. The Hall–Kier alpha value is -4.08. The number of thiophene rings is 1. The van der Waals surface area contributed by atoms with Crippen molar-refractivity contribution < 1.29 is 18.7 Å². The van der Waals surface area contributed by atoms with Gasteiger partial charge in [0, 0.05) is 40.5 Å². The zero-order chi connectivity index (χ0) is 28.3. The maximum absolute atomic E-state index is 13.8. The van der Waals surface area contributed by atoms with Crippen molar-refractivity contribution >= 4 is 45.6 Å². The van der Waals surface area contributed by atoms with E-state index in [4.69, 9.17) is 14.6 Å². The van der Waals surface area contributed by atoms with Crippen LogP contribution in [0.2, 0.25) is 0 Å². The Morgan fingerprint density at radius 3 is 2.61 bits per heavy atom. The van der Waals surface area contributed by atoms with Crippen LogP contribution in [0.1, 0.15) is 28.5 Å². The molecule has 3 heterocycles. The van der Waals surface area contributed by atoms with Crippen LogP contribution in [0.5, 0.6) is 11.5 Å². The molecule has 0 saturated heterocycles. The average molecular weight is 586 g/mol. The van der Waals surface area contributed by atoms with E-state index in [-0.39, 0.29) is 23.5 Å². The van der Waals surface area contributed by atoms with Crippen molar-refractivity contribution in [1.82, 2.24) is 9.58 Å². The molecule has 0 fully saturated rings. The van der Waals surface area contributed by atoms with Crippen LogP contribution in [0, 0.1) is 5.82 Å². The third kappa shape index (κ3) is 5.47. The summed E-state index contributed by atoms with van der Waals surface area (Å²) in [6, 6.07) is 24.1. The van der Waals surface area contributed by atoms with E-state index in [1.807, 2.05) is 47.8 Å². The number of carbonyl (C=O) groups is 1. The normalized spacial score (nSPS) is 14.9. The molecule has 0 aliphatic carbocycles. The van der Waals surface area contributed by atoms with Crippen molar-refractivity contribution in [2.45, 2.75) is 23.9 Å². The molecule has 1 aliphatic heterocycles. The van der Waals surface area contributed by atoms with Crippen molar-refractivity contribution in [1.29, 1.82) is 0 Å². The van der Waals surface area contributed by atoms with E-state index in [0.29, 0.717) is 24.5 Å². The molecule has 6 rings (SSSR count). The van der Waals surface area contributed by atoms with Crippen molar-refractivity contribution in [2.24, 2.45) is 5.10 Å². The Morgan fingerprint density at radius 2 is 1.85 bits per heavy atom. The smallest absolute Gasteiger partial charge is 0.253 e. The standard InChI is InChI=1S/C32H28FN3O3S2/c1-38-28-10-5-8-24(32(28)39-2)27-17-25(29-11-6-16-40-29)34-36(27)31(37)20-41-30-19-35(26-9-4-3-7-23(26)30)18-21-12-14-22(33)15-13-21/h3-16,19,27H,17-18,20H2,1-2H3. The van der Waals surface area contributed by atoms with Crippen LogP contribution in [0.15, 0.2) is 100 Å². The molecular formula is C32H28FN3O3S2. The summed E-state index contributed by atoms with van der Waals surface area (Å²) in [5.74, 6) is 1.10. The van der Waals surface area contributed by atoms with E-state index in [2.05, 4.69) is 22.9 Å². The molecule has 1 amide bonds. The molecule has 1 atom stereocenters. The predicted molar refractivity (Wildman–Crippen MR) is 163 cm³/mol. The van der Waals surface area contributed by atoms with Crippen LogP contribution in [0.4, 0.5) is 4.39 Å². The zero-order valence-corrected chi connectivity index (χ0v) is 24.3. The first-order valence-electron chi connectivity index (χ1n) is 13.1. The number of aromatic nitrogens is 1. The van der Waals surface area contributed by atoms with Gasteiger partial charge in [0.2, 0.25) is 0 Å². The highest BCUT2D eigenvalue weighted by molar-refractivity contribution is 8.00. The molecule has 1 aliphatic rings. The zero-order valence-electron chi connectivity index (χ0n) is 22.6. The van der Waals surface area contributed by atoms with E-state index in [1.54, 1.807) is 42.7 Å². The Labute approximate surface area is 246 Å². The van der Waals surface area contributed by atoms with Crippen LogP contribution in [0.3, 0.4) is 0 Å². The third-order valence-electron chi connectivity index (χ3n) is 7.13. The molecule has 5 aromatic rings. The van der Waals surface area contributed by atoms with Gasteiger partial charge in [-0.1, -0.05) is 48.5 Å². The topological polar surface area (TPSA) is 56.1 Å². The van der Waals surface area contributed by atoms with Crippen LogP contribution < -0.4 is 9.47 Å². The number of fused-ring (bicyclic) bond motifs is 1. The maximum Gasteiger partial charge on any atom is 0.253 e. The van der Waals surface area contributed by atoms with Crippen molar-refractivity contribution in [3.8, 4) is 11.5 Å². The largest absolute Gasteiger partial charge is 0.493 e. The Balaban J connectivity index is 1.28. The number of ether oxygens (including phenoxy) is 2. The second-order valence-electron chi connectivity index (χ2n) is 9.62. The number of para-hydroxylation sites is 2. The highest BCUT2D eigenvalue weighted by Gasteiger charge is 2.36. The fourth-order valence-corrected chi connectivity index (χ4v) is 6.86. The number of carbonyl (C=O) groups excluding carboxylic acids is 1. The lowest BCUT2D eigenvalue weighted by Gasteiger charge is -2.24. The predicted octanol–water partition coefficient (Wildman–Crippen LogP) is 7.38. The number of nitrogens with zero attached hydrogens (tertiary/aromatic N) is 3. The van der Waals surface area contributed by atoms with Crippen LogP contribution in [-0.4, -0.2) is 41.2 Å². The highest BCUT2D eigenvalue weighted by atomic mass is 32.2. The minimum atomic E-state index is -0.315. The van der Waals surface area contributed by atoms with Gasteiger partial charge in [-0.05, 0) is 41.3 Å². The van der Waals surface area contributed by atoms with E-state index in [1.165, 1.54) is 23.9 Å². The van der Waals surface area contributed by atoms with Gasteiger partial charge in [0.1, 0.15) is 5.82 Å². The van der Waals surface area contributed by atoms with Crippen molar-refractivity contribution in [2.75, 3.05) is 20.0 Å². The summed E-state index contributed by atoms with van der Waals surface area (Å²) in [6.45, 7) is 0.605. The summed E-state index contributed by atoms with van der Waals surface area (Å²) in [7, 11) is 3.22. The summed E-state index contributed by atoms with van der Waals surface area (Å²) in [4.78, 5) is 15.9. The average Bonchev–Trinajstić information content (AvgIpc) is 3.76. The number of hydrazone groups is 1. The molecule has 1 unspecified atom stereocenters. The third-order valence-corrected chi connectivity index (χ3v) is 9.08. The number of benzene rings is 3. The first-order valence-corrected chi connectivity index (χ1v) is 15.0. The van der Waals surface area contributed by atoms with E-state index >= 15 is 0 Å². The number of methoxy groups -OCH3 is 2. The van der Waals surface area contributed by atoms with Gasteiger partial charge in [-0.15, -0.1) is 23.1 Å². The second-order valence-corrected chi connectivity index (χ2v) is 11.6. The van der Waals surface area contributed by atoms with Crippen molar-refractivity contribution in [3.05, 3.63) is 112 Å². The highest BCUT2D eigenvalue weighted by Crippen LogP contribution is 2.42. The molecule has 208 valence electrons. The van der Waals surface area contributed by atoms with Gasteiger partial charge in [-0.3, -0.25) is 4.79 Å². The minimum absolute atomic E-state index is 0.0909. The first-order chi connectivity index (χ1) is 20.1. The van der Waals surface area contributed by atoms with Gasteiger partial charge in [0.15, 0.2) is 11.5 Å². The van der Waals surface area contributed by atoms with Crippen LogP contribution in [-0.2, 0) is 11.3 Å². The lowest BCUT2D eigenvalue weighted by molar-refractivity contribution is -0.130. The van der Waals surface area contributed by atoms with Gasteiger partial charge in [0.05, 0.1) is 36.6 Å². The summed E-state index contributed by atoms with van der Waals surface area (Å²) >= 11 is 3.11. The molecule has 6 nitrogen and oxygen atoms in total. The minimum Gasteiger partial charge on any atom is -0.493 e. The Morgan fingerprint density at radius 1 is 1.02 bits per heavy atom. The maximum atomic E-state index is 13.8. The van der Waals surface area contributed by atoms with Gasteiger partial charge in [-0.2, -0.15) is 5.10 Å². The van der Waals surface area contributed by atoms with Crippen LogP contribution in [0.25, 0.3) is 10.9 Å². The molecular weight excluding hydrogens is 558 g/mol. The molecule has 0 saturated carbocycles. The second kappa shape index (κ2) is 11.8. The Bertz CT molecular complexity index is 1710. The molecule has 0 bridgehead atoms. The number of rotatable bonds is 9. The molecule has 2 aromatic heterocycles. The SMILES string of the molecule is COc1cccc(C2CC(c3cccs3)=NN2C(=O)CSc2cn(Cc3ccc(F)cc3)c3ccccc23)c1OC.